The van der Waals surface area contributed by atoms with Gasteiger partial charge in [0, 0.05) is 11.3 Å². The molecule has 124 valence electrons. The molecule has 0 saturated heterocycles. The van der Waals surface area contributed by atoms with Crippen LogP contribution in [0.5, 0.6) is 0 Å². The second-order valence-electron chi connectivity index (χ2n) is 5.15. The van der Waals surface area contributed by atoms with Gasteiger partial charge in [-0.25, -0.2) is 12.8 Å². The number of fused-ring (bicyclic) bond motifs is 1. The maximum Gasteiger partial charge on any atom is 0.214 e. The van der Waals surface area contributed by atoms with Crippen molar-refractivity contribution < 1.29 is 17.6 Å². The number of hydrogen-bond acceptors (Lipinski definition) is 4. The number of carbonyl (C=O) groups excluding carboxylic acids is 1. The summed E-state index contributed by atoms with van der Waals surface area (Å²) in [5.41, 5.74) is 0.331. The highest BCUT2D eigenvalue weighted by Gasteiger charge is 2.36. The first-order chi connectivity index (χ1) is 11.2. The van der Waals surface area contributed by atoms with E-state index in [4.69, 9.17) is 23.2 Å². The van der Waals surface area contributed by atoms with Crippen molar-refractivity contribution in [3.8, 4) is 0 Å². The molecule has 0 aliphatic carbocycles. The van der Waals surface area contributed by atoms with E-state index in [1.54, 1.807) is 0 Å². The van der Waals surface area contributed by atoms with Gasteiger partial charge in [-0.15, -0.1) is 0 Å². The average Bonchev–Trinajstić information content (AvgIpc) is 2.51. The van der Waals surface area contributed by atoms with Gasteiger partial charge in [-0.1, -0.05) is 23.2 Å². The predicted molar refractivity (Wildman–Crippen MR) is 90.7 cm³/mol. The second-order valence-corrected chi connectivity index (χ2v) is 7.79. The molecule has 0 radical (unpaired) electrons. The maximum absolute atomic E-state index is 13.0. The summed E-state index contributed by atoms with van der Waals surface area (Å²) in [6.45, 7) is 1.45. The third kappa shape index (κ3) is 2.60. The summed E-state index contributed by atoms with van der Waals surface area (Å²) in [5, 5.41) is 3.08. The first-order valence-corrected chi connectivity index (χ1v) is 8.98. The van der Waals surface area contributed by atoms with E-state index < -0.39 is 26.3 Å². The molecule has 1 N–H and O–H groups in total. The summed E-state index contributed by atoms with van der Waals surface area (Å²) in [5.74, 6) is -1.25. The maximum atomic E-state index is 13.0. The highest BCUT2D eigenvalue weighted by molar-refractivity contribution is 7.96. The number of nitrogens with one attached hydrogen (secondary N) is 1. The Labute approximate surface area is 147 Å². The molecule has 0 fully saturated rings. The number of allylic oxidation sites excluding steroid dienone is 2. The molecule has 1 aliphatic heterocycles. The molecule has 0 aromatic heterocycles. The van der Waals surface area contributed by atoms with E-state index in [2.05, 4.69) is 5.32 Å². The predicted octanol–water partition coefficient (Wildman–Crippen LogP) is 4.45. The van der Waals surface area contributed by atoms with Crippen LogP contribution in [-0.2, 0) is 9.84 Å². The minimum atomic E-state index is -4.10. The number of benzene rings is 2. The van der Waals surface area contributed by atoms with Crippen molar-refractivity contribution in [1.29, 1.82) is 0 Å². The van der Waals surface area contributed by atoms with Crippen LogP contribution in [0.1, 0.15) is 17.3 Å². The Morgan fingerprint density at radius 1 is 1.08 bits per heavy atom. The van der Waals surface area contributed by atoms with Gasteiger partial charge in [-0.2, -0.15) is 0 Å². The quantitative estimate of drug-likeness (QED) is 0.775. The molecule has 0 amide bonds. The fourth-order valence-electron chi connectivity index (χ4n) is 2.45. The lowest BCUT2D eigenvalue weighted by Gasteiger charge is -2.23. The first-order valence-electron chi connectivity index (χ1n) is 6.74. The Kier molecular flexibility index (Phi) is 4.15. The molecule has 1 heterocycles. The average molecular weight is 386 g/mol. The minimum Gasteiger partial charge on any atom is -0.356 e. The summed E-state index contributed by atoms with van der Waals surface area (Å²) < 4.78 is 38.8. The van der Waals surface area contributed by atoms with Gasteiger partial charge >= 0.3 is 0 Å². The number of ketones is 1. The van der Waals surface area contributed by atoms with E-state index in [1.165, 1.54) is 31.2 Å². The fraction of sp³-hybridized carbons (Fsp3) is 0.0625. The largest absolute Gasteiger partial charge is 0.356 e. The molecule has 0 bridgehead atoms. The Morgan fingerprint density at radius 3 is 2.33 bits per heavy atom. The first kappa shape index (κ1) is 17.0. The van der Waals surface area contributed by atoms with Crippen LogP contribution in [0, 0.1) is 5.82 Å². The molecule has 0 atom stereocenters. The molecule has 24 heavy (non-hydrogen) atoms. The highest BCUT2D eigenvalue weighted by atomic mass is 35.5. The molecule has 0 saturated carbocycles. The molecular weight excluding hydrogens is 376 g/mol. The third-order valence-corrected chi connectivity index (χ3v) is 6.33. The summed E-state index contributed by atoms with van der Waals surface area (Å²) in [7, 11) is -4.10. The van der Waals surface area contributed by atoms with Crippen LogP contribution in [0.2, 0.25) is 10.0 Å². The summed E-state index contributed by atoms with van der Waals surface area (Å²) in [6, 6.07) is 7.29. The van der Waals surface area contributed by atoms with Crippen molar-refractivity contribution in [1.82, 2.24) is 0 Å². The third-order valence-electron chi connectivity index (χ3n) is 3.58. The van der Waals surface area contributed by atoms with Gasteiger partial charge < -0.3 is 5.32 Å². The molecule has 2 aromatic rings. The zero-order valence-electron chi connectivity index (χ0n) is 12.2. The van der Waals surface area contributed by atoms with Crippen LogP contribution in [0.25, 0.3) is 0 Å². The molecule has 0 unspecified atom stereocenters. The molecular formula is C16H10Cl2FNO3S. The Bertz CT molecular complexity index is 999. The second kappa shape index (κ2) is 5.88. The van der Waals surface area contributed by atoms with Crippen LogP contribution >= 0.6 is 23.2 Å². The van der Waals surface area contributed by atoms with Crippen molar-refractivity contribution >= 4 is 44.5 Å². The van der Waals surface area contributed by atoms with Crippen LogP contribution in [-0.4, -0.2) is 14.2 Å². The van der Waals surface area contributed by atoms with Crippen molar-refractivity contribution in [3.05, 3.63) is 68.4 Å². The Balaban J connectivity index is 2.18. The van der Waals surface area contributed by atoms with E-state index in [0.717, 1.165) is 12.1 Å². The van der Waals surface area contributed by atoms with Crippen molar-refractivity contribution in [2.45, 2.75) is 11.8 Å². The minimum absolute atomic E-state index is 0.0605. The molecule has 2 aromatic carbocycles. The zero-order valence-corrected chi connectivity index (χ0v) is 14.6. The fourth-order valence-corrected chi connectivity index (χ4v) is 4.58. The number of carbonyl (C=O) groups is 1. The van der Waals surface area contributed by atoms with Gasteiger partial charge in [-0.05, 0) is 43.3 Å². The van der Waals surface area contributed by atoms with Gasteiger partial charge in [0.1, 0.15) is 10.7 Å². The number of halogens is 3. The molecule has 1 aliphatic rings. The van der Waals surface area contributed by atoms with E-state index in [0.29, 0.717) is 0 Å². The number of rotatable bonds is 2. The molecule has 4 nitrogen and oxygen atoms in total. The van der Waals surface area contributed by atoms with E-state index in [1.807, 2.05) is 0 Å². The van der Waals surface area contributed by atoms with Gasteiger partial charge in [0.05, 0.1) is 20.6 Å². The Morgan fingerprint density at radius 2 is 1.71 bits per heavy atom. The van der Waals surface area contributed by atoms with E-state index in [-0.39, 0.29) is 31.9 Å². The van der Waals surface area contributed by atoms with Gasteiger partial charge in [0.15, 0.2) is 0 Å². The molecule has 0 spiro atoms. The standard InChI is InChI=1S/C16H10Cl2FNO3S/c1-8-16(15(21)9-2-4-10(19)5-3-9)24(22,23)12-7-6-11(17)13(18)14(12)20-8/h2-7,20H,1H3. The summed E-state index contributed by atoms with van der Waals surface area (Å²) in [4.78, 5) is 12.1. The Hall–Kier alpha value is -1.89. The van der Waals surface area contributed by atoms with Crippen LogP contribution in [0.4, 0.5) is 10.1 Å². The number of anilines is 1. The number of sulfone groups is 1. The molecule has 8 heteroatoms. The van der Waals surface area contributed by atoms with Crippen LogP contribution in [0.3, 0.4) is 0 Å². The smallest absolute Gasteiger partial charge is 0.214 e. The van der Waals surface area contributed by atoms with Crippen molar-refractivity contribution in [3.63, 3.8) is 0 Å². The van der Waals surface area contributed by atoms with Crippen LogP contribution in [0.15, 0.2) is 51.9 Å². The monoisotopic (exact) mass is 385 g/mol. The topological polar surface area (TPSA) is 63.2 Å². The van der Waals surface area contributed by atoms with Gasteiger partial charge in [0.2, 0.25) is 15.6 Å². The zero-order chi connectivity index (χ0) is 17.6. The summed E-state index contributed by atoms with van der Waals surface area (Å²) in [6.07, 6.45) is 0. The lowest BCUT2D eigenvalue weighted by atomic mass is 10.1. The van der Waals surface area contributed by atoms with E-state index >= 15 is 0 Å². The lowest BCUT2D eigenvalue weighted by molar-refractivity contribution is 0.104. The normalized spacial score (nSPS) is 15.7. The van der Waals surface area contributed by atoms with Gasteiger partial charge in [0.25, 0.3) is 0 Å². The summed E-state index contributed by atoms with van der Waals surface area (Å²) >= 11 is 12.0. The molecule has 3 rings (SSSR count). The van der Waals surface area contributed by atoms with Crippen LogP contribution < -0.4 is 5.32 Å². The van der Waals surface area contributed by atoms with E-state index in [9.17, 15) is 17.6 Å². The SMILES string of the molecule is CC1=C(C(=O)c2ccc(F)cc2)S(=O)(=O)c2ccc(Cl)c(Cl)c2N1. The lowest BCUT2D eigenvalue weighted by Crippen LogP contribution is -2.24. The number of hydrogen-bond donors (Lipinski definition) is 1. The highest BCUT2D eigenvalue weighted by Crippen LogP contribution is 2.42. The van der Waals surface area contributed by atoms with Gasteiger partial charge in [-0.3, -0.25) is 4.79 Å². The van der Waals surface area contributed by atoms with Crippen molar-refractivity contribution in [2.24, 2.45) is 0 Å². The number of Topliss-reactive ketones (excluding diaryl/α,β-unsaturated/α-hetero) is 1. The van der Waals surface area contributed by atoms with Crippen molar-refractivity contribution in [2.75, 3.05) is 5.32 Å².